The van der Waals surface area contributed by atoms with Crippen LogP contribution in [0.5, 0.6) is 0 Å². The van der Waals surface area contributed by atoms with Crippen molar-refractivity contribution >= 4 is 11.8 Å². The van der Waals surface area contributed by atoms with Gasteiger partial charge in [-0.25, -0.2) is 0 Å². The van der Waals surface area contributed by atoms with Gasteiger partial charge in [0.25, 0.3) is 0 Å². The molecule has 0 spiro atoms. The summed E-state index contributed by atoms with van der Waals surface area (Å²) in [5.74, 6) is 0.282. The molecule has 2 aliphatic rings. The molecule has 2 bridgehead atoms. The molecular formula is C9H12O3. The standard InChI is InChI=1S/C9H12O3/c10-8-3-5-1-6(4-9(11)12)7(8)2-5/h5-7H,1-4H2,(H,11,12)/t5-,6+,7-/m1/s1. The largest absolute Gasteiger partial charge is 0.481 e. The first kappa shape index (κ1) is 7.77. The molecule has 0 amide bonds. The molecule has 0 aromatic heterocycles. The molecule has 3 heteroatoms. The fourth-order valence-electron chi connectivity index (χ4n) is 2.69. The maximum absolute atomic E-state index is 11.2. The summed E-state index contributed by atoms with van der Waals surface area (Å²) in [6.07, 6.45) is 2.81. The number of rotatable bonds is 2. The second-order valence-electron chi connectivity index (χ2n) is 3.97. The lowest BCUT2D eigenvalue weighted by molar-refractivity contribution is -0.138. The molecule has 2 fully saturated rings. The molecule has 3 atom stereocenters. The predicted molar refractivity (Wildman–Crippen MR) is 41.6 cm³/mol. The van der Waals surface area contributed by atoms with E-state index in [0.29, 0.717) is 18.1 Å². The smallest absolute Gasteiger partial charge is 0.303 e. The lowest BCUT2D eigenvalue weighted by Crippen LogP contribution is -2.22. The number of carbonyl (C=O) groups is 2. The van der Waals surface area contributed by atoms with Gasteiger partial charge in [0.15, 0.2) is 0 Å². The van der Waals surface area contributed by atoms with Gasteiger partial charge in [-0.3, -0.25) is 9.59 Å². The van der Waals surface area contributed by atoms with Crippen molar-refractivity contribution in [3.05, 3.63) is 0 Å². The van der Waals surface area contributed by atoms with Crippen molar-refractivity contribution in [2.75, 3.05) is 0 Å². The van der Waals surface area contributed by atoms with Gasteiger partial charge in [0.05, 0.1) is 0 Å². The molecule has 0 heterocycles. The first-order valence-electron chi connectivity index (χ1n) is 4.41. The third-order valence-corrected chi connectivity index (χ3v) is 3.13. The topological polar surface area (TPSA) is 54.4 Å². The van der Waals surface area contributed by atoms with Crippen LogP contribution in [0.25, 0.3) is 0 Å². The lowest BCUT2D eigenvalue weighted by atomic mass is 9.86. The van der Waals surface area contributed by atoms with Crippen molar-refractivity contribution < 1.29 is 14.7 Å². The molecule has 2 aliphatic carbocycles. The Labute approximate surface area is 70.8 Å². The van der Waals surface area contributed by atoms with Gasteiger partial charge in [-0.15, -0.1) is 0 Å². The van der Waals surface area contributed by atoms with Crippen LogP contribution in [0.4, 0.5) is 0 Å². The van der Waals surface area contributed by atoms with Crippen LogP contribution in [0.2, 0.25) is 0 Å². The molecule has 2 rings (SSSR count). The highest BCUT2D eigenvalue weighted by Gasteiger charge is 2.45. The Hall–Kier alpha value is -0.860. The summed E-state index contributed by atoms with van der Waals surface area (Å²) in [4.78, 5) is 21.7. The maximum Gasteiger partial charge on any atom is 0.303 e. The summed E-state index contributed by atoms with van der Waals surface area (Å²) in [7, 11) is 0. The van der Waals surface area contributed by atoms with E-state index < -0.39 is 5.97 Å². The van der Waals surface area contributed by atoms with Crippen molar-refractivity contribution in [1.29, 1.82) is 0 Å². The molecule has 0 aromatic rings. The number of fused-ring (bicyclic) bond motifs is 2. The van der Waals surface area contributed by atoms with Gasteiger partial charge in [0.1, 0.15) is 5.78 Å². The van der Waals surface area contributed by atoms with E-state index in [1.54, 1.807) is 0 Å². The van der Waals surface area contributed by atoms with E-state index >= 15 is 0 Å². The quantitative estimate of drug-likeness (QED) is 0.671. The zero-order chi connectivity index (χ0) is 8.72. The average molecular weight is 168 g/mol. The van der Waals surface area contributed by atoms with Crippen LogP contribution in [0.15, 0.2) is 0 Å². The zero-order valence-electron chi connectivity index (χ0n) is 6.82. The van der Waals surface area contributed by atoms with E-state index in [1.165, 1.54) is 0 Å². The molecule has 0 unspecified atom stereocenters. The highest BCUT2D eigenvalue weighted by atomic mass is 16.4. The second kappa shape index (κ2) is 2.57. The first-order valence-corrected chi connectivity index (χ1v) is 4.41. The molecule has 3 nitrogen and oxygen atoms in total. The number of carboxylic acids is 1. The SMILES string of the molecule is O=C(O)C[C@@H]1C[C@H]2CC(=O)[C@@H]1C2. The third-order valence-electron chi connectivity index (χ3n) is 3.13. The molecule has 0 radical (unpaired) electrons. The summed E-state index contributed by atoms with van der Waals surface area (Å²) in [5, 5.41) is 8.58. The third kappa shape index (κ3) is 1.13. The van der Waals surface area contributed by atoms with Crippen molar-refractivity contribution in [3.8, 4) is 0 Å². The van der Waals surface area contributed by atoms with E-state index in [4.69, 9.17) is 5.11 Å². The van der Waals surface area contributed by atoms with Crippen molar-refractivity contribution in [2.24, 2.45) is 17.8 Å². The van der Waals surface area contributed by atoms with Crippen LogP contribution in [-0.4, -0.2) is 16.9 Å². The lowest BCUT2D eigenvalue weighted by Gasteiger charge is -2.18. The second-order valence-corrected chi connectivity index (χ2v) is 3.97. The van der Waals surface area contributed by atoms with Crippen LogP contribution in [-0.2, 0) is 9.59 Å². The Kier molecular flexibility index (Phi) is 1.67. The number of aliphatic carboxylic acids is 1. The maximum atomic E-state index is 11.2. The number of hydrogen-bond donors (Lipinski definition) is 1. The van der Waals surface area contributed by atoms with Gasteiger partial charge in [0, 0.05) is 18.8 Å². The zero-order valence-corrected chi connectivity index (χ0v) is 6.82. The molecular weight excluding hydrogens is 156 g/mol. The minimum absolute atomic E-state index is 0.0890. The monoisotopic (exact) mass is 168 g/mol. The summed E-state index contributed by atoms with van der Waals surface area (Å²) >= 11 is 0. The minimum atomic E-state index is -0.764. The van der Waals surface area contributed by atoms with Crippen LogP contribution in [0.3, 0.4) is 0 Å². The molecule has 1 N–H and O–H groups in total. The predicted octanol–water partition coefficient (Wildman–Crippen LogP) is 1.08. The number of hydrogen-bond acceptors (Lipinski definition) is 2. The normalized spacial score (nSPS) is 39.0. The summed E-state index contributed by atoms with van der Waals surface area (Å²) < 4.78 is 0. The van der Waals surface area contributed by atoms with Crippen LogP contribution in [0, 0.1) is 17.8 Å². The van der Waals surface area contributed by atoms with E-state index in [2.05, 4.69) is 0 Å². The molecule has 0 saturated heterocycles. The molecule has 0 aliphatic heterocycles. The highest BCUT2D eigenvalue weighted by molar-refractivity contribution is 5.85. The highest BCUT2D eigenvalue weighted by Crippen LogP contribution is 2.47. The van der Waals surface area contributed by atoms with Crippen molar-refractivity contribution in [3.63, 3.8) is 0 Å². The number of carboxylic acid groups (broad SMARTS) is 1. The fraction of sp³-hybridized carbons (Fsp3) is 0.778. The summed E-state index contributed by atoms with van der Waals surface area (Å²) in [5.41, 5.74) is 0. The molecule has 2 saturated carbocycles. The van der Waals surface area contributed by atoms with E-state index in [9.17, 15) is 9.59 Å². The van der Waals surface area contributed by atoms with Gasteiger partial charge in [-0.2, -0.15) is 0 Å². The Balaban J connectivity index is 2.02. The van der Waals surface area contributed by atoms with Crippen molar-refractivity contribution in [1.82, 2.24) is 0 Å². The van der Waals surface area contributed by atoms with Gasteiger partial charge < -0.3 is 5.11 Å². The Morgan fingerprint density at radius 2 is 2.25 bits per heavy atom. The Morgan fingerprint density at radius 1 is 1.50 bits per heavy atom. The van der Waals surface area contributed by atoms with Crippen LogP contribution < -0.4 is 0 Å². The van der Waals surface area contributed by atoms with Gasteiger partial charge >= 0.3 is 5.97 Å². The molecule has 12 heavy (non-hydrogen) atoms. The first-order chi connectivity index (χ1) is 5.66. The van der Waals surface area contributed by atoms with Crippen molar-refractivity contribution in [2.45, 2.75) is 25.7 Å². The summed E-state index contributed by atoms with van der Waals surface area (Å²) in [6, 6.07) is 0. The minimum Gasteiger partial charge on any atom is -0.481 e. The van der Waals surface area contributed by atoms with E-state index in [0.717, 1.165) is 12.8 Å². The fourth-order valence-corrected chi connectivity index (χ4v) is 2.69. The van der Waals surface area contributed by atoms with Gasteiger partial charge in [0.2, 0.25) is 0 Å². The Bertz CT molecular complexity index is 234. The summed E-state index contributed by atoms with van der Waals surface area (Å²) in [6.45, 7) is 0. The number of ketones is 1. The Morgan fingerprint density at radius 3 is 2.75 bits per heavy atom. The molecule has 66 valence electrons. The number of Topliss-reactive ketones (excluding diaryl/α,β-unsaturated/α-hetero) is 1. The molecule has 0 aromatic carbocycles. The van der Waals surface area contributed by atoms with Gasteiger partial charge in [-0.05, 0) is 24.7 Å². The van der Waals surface area contributed by atoms with Crippen LogP contribution >= 0.6 is 0 Å². The van der Waals surface area contributed by atoms with E-state index in [-0.39, 0.29) is 18.3 Å². The average Bonchev–Trinajstić information content (AvgIpc) is 2.43. The number of carbonyl (C=O) groups excluding carboxylic acids is 1. The van der Waals surface area contributed by atoms with Crippen LogP contribution in [0.1, 0.15) is 25.7 Å². The van der Waals surface area contributed by atoms with Gasteiger partial charge in [-0.1, -0.05) is 0 Å². The van der Waals surface area contributed by atoms with E-state index in [1.807, 2.05) is 0 Å².